The lowest BCUT2D eigenvalue weighted by atomic mass is 10.1. The fraction of sp³-hybridized carbons (Fsp3) is 0.500. The van der Waals surface area contributed by atoms with Crippen LogP contribution in [-0.2, 0) is 4.79 Å². The van der Waals surface area contributed by atoms with Gasteiger partial charge in [-0.05, 0) is 38.8 Å². The van der Waals surface area contributed by atoms with E-state index < -0.39 is 0 Å². The quantitative estimate of drug-likeness (QED) is 0.420. The van der Waals surface area contributed by atoms with Crippen LogP contribution in [0.15, 0.2) is 29.4 Å². The Morgan fingerprint density at radius 1 is 1.19 bits per heavy atom. The number of amides is 1. The van der Waals surface area contributed by atoms with Crippen LogP contribution < -0.4 is 5.32 Å². The Labute approximate surface area is 163 Å². The third kappa shape index (κ3) is 3.93. The molecule has 1 saturated carbocycles. The van der Waals surface area contributed by atoms with Crippen LogP contribution in [0.25, 0.3) is 16.6 Å². The van der Waals surface area contributed by atoms with E-state index in [0.717, 1.165) is 29.4 Å². The molecule has 1 aliphatic rings. The first-order chi connectivity index (χ1) is 13.1. The number of hydrogen-bond acceptors (Lipinski definition) is 5. The first kappa shape index (κ1) is 18.2. The number of hydrogen-bond donors (Lipinski definition) is 1. The number of nitrogens with zero attached hydrogens (tertiary/aromatic N) is 4. The van der Waals surface area contributed by atoms with Crippen LogP contribution in [-0.4, -0.2) is 36.8 Å². The minimum Gasteiger partial charge on any atom is -0.352 e. The van der Waals surface area contributed by atoms with E-state index in [1.807, 2.05) is 38.1 Å². The predicted octanol–water partition coefficient (Wildman–Crippen LogP) is 3.91. The average molecular weight is 384 g/mol. The van der Waals surface area contributed by atoms with E-state index in [9.17, 15) is 4.79 Å². The van der Waals surface area contributed by atoms with Crippen molar-refractivity contribution in [3.63, 3.8) is 0 Å². The number of rotatable bonds is 4. The minimum atomic E-state index is -0.241. The highest BCUT2D eigenvalue weighted by molar-refractivity contribution is 8.00. The second-order valence-electron chi connectivity index (χ2n) is 7.26. The van der Waals surface area contributed by atoms with Gasteiger partial charge in [-0.2, -0.15) is 4.52 Å². The van der Waals surface area contributed by atoms with Gasteiger partial charge < -0.3 is 5.32 Å². The molecular formula is C20H25N5OS. The molecule has 2 aromatic heterocycles. The van der Waals surface area contributed by atoms with Crippen molar-refractivity contribution in [2.75, 3.05) is 0 Å². The van der Waals surface area contributed by atoms with Crippen LogP contribution in [0.2, 0.25) is 0 Å². The molecule has 0 radical (unpaired) electrons. The molecule has 0 saturated heterocycles. The van der Waals surface area contributed by atoms with Crippen molar-refractivity contribution in [2.45, 2.75) is 68.8 Å². The molecule has 7 heteroatoms. The standard InChI is InChI=1S/C20H25N5OS/c1-13(19(26)22-15-9-5-3-4-6-10-15)27-20-23-17-12-8-7-11-16(17)18-21-14(2)24-25(18)20/h7-8,11-13,15H,3-6,9-10H2,1-2H3,(H,22,26). The first-order valence-corrected chi connectivity index (χ1v) is 10.6. The van der Waals surface area contributed by atoms with Gasteiger partial charge in [-0.1, -0.05) is 49.6 Å². The molecule has 0 bridgehead atoms. The van der Waals surface area contributed by atoms with Gasteiger partial charge in [-0.3, -0.25) is 4.79 Å². The zero-order chi connectivity index (χ0) is 18.8. The molecule has 3 aromatic rings. The lowest BCUT2D eigenvalue weighted by Crippen LogP contribution is -2.39. The molecule has 4 rings (SSSR count). The zero-order valence-electron chi connectivity index (χ0n) is 15.8. The summed E-state index contributed by atoms with van der Waals surface area (Å²) in [6, 6.07) is 8.22. The van der Waals surface area contributed by atoms with Crippen molar-refractivity contribution in [2.24, 2.45) is 0 Å². The van der Waals surface area contributed by atoms with E-state index in [1.54, 1.807) is 4.52 Å². The second-order valence-corrected chi connectivity index (χ2v) is 8.57. The Morgan fingerprint density at radius 3 is 2.70 bits per heavy atom. The van der Waals surface area contributed by atoms with E-state index in [0.29, 0.717) is 17.0 Å². The highest BCUT2D eigenvalue weighted by Gasteiger charge is 2.22. The van der Waals surface area contributed by atoms with Gasteiger partial charge in [0.15, 0.2) is 10.8 Å². The maximum absolute atomic E-state index is 12.7. The second kappa shape index (κ2) is 7.84. The van der Waals surface area contributed by atoms with Crippen LogP contribution in [0.1, 0.15) is 51.3 Å². The number of thioether (sulfide) groups is 1. The Bertz CT molecular complexity index is 962. The number of para-hydroxylation sites is 1. The van der Waals surface area contributed by atoms with E-state index >= 15 is 0 Å². The lowest BCUT2D eigenvalue weighted by Gasteiger charge is -2.19. The molecule has 6 nitrogen and oxygen atoms in total. The summed E-state index contributed by atoms with van der Waals surface area (Å²) in [5.74, 6) is 0.775. The number of benzene rings is 1. The molecule has 0 aliphatic heterocycles. The van der Waals surface area contributed by atoms with Gasteiger partial charge in [-0.15, -0.1) is 5.10 Å². The van der Waals surface area contributed by atoms with Crippen molar-refractivity contribution >= 4 is 34.2 Å². The Kier molecular flexibility index (Phi) is 5.29. The predicted molar refractivity (Wildman–Crippen MR) is 108 cm³/mol. The number of fused-ring (bicyclic) bond motifs is 3. The molecule has 142 valence electrons. The van der Waals surface area contributed by atoms with E-state index in [4.69, 9.17) is 4.98 Å². The highest BCUT2D eigenvalue weighted by atomic mass is 32.2. The highest BCUT2D eigenvalue weighted by Crippen LogP contribution is 2.27. The van der Waals surface area contributed by atoms with Crippen molar-refractivity contribution < 1.29 is 4.79 Å². The number of carbonyl (C=O) groups is 1. The summed E-state index contributed by atoms with van der Waals surface area (Å²) >= 11 is 1.44. The fourth-order valence-corrected chi connectivity index (χ4v) is 4.53. The normalized spacial score (nSPS) is 17.1. The maximum atomic E-state index is 12.7. The Morgan fingerprint density at radius 2 is 1.93 bits per heavy atom. The molecule has 1 amide bonds. The number of aryl methyl sites for hydroxylation is 1. The topological polar surface area (TPSA) is 72.2 Å². The summed E-state index contributed by atoms with van der Waals surface area (Å²) in [4.78, 5) is 22.0. The van der Waals surface area contributed by atoms with Crippen molar-refractivity contribution in [3.8, 4) is 0 Å². The average Bonchev–Trinajstić information content (AvgIpc) is 2.88. The van der Waals surface area contributed by atoms with Gasteiger partial charge >= 0.3 is 0 Å². The first-order valence-electron chi connectivity index (χ1n) is 9.71. The minimum absolute atomic E-state index is 0.0758. The van der Waals surface area contributed by atoms with Crippen molar-refractivity contribution in [1.82, 2.24) is 24.9 Å². The van der Waals surface area contributed by atoms with Gasteiger partial charge in [0.2, 0.25) is 5.91 Å². The molecule has 1 aliphatic carbocycles. The largest absolute Gasteiger partial charge is 0.352 e. The summed E-state index contributed by atoms with van der Waals surface area (Å²) in [7, 11) is 0. The summed E-state index contributed by atoms with van der Waals surface area (Å²) in [6.45, 7) is 3.81. The van der Waals surface area contributed by atoms with Crippen molar-refractivity contribution in [1.29, 1.82) is 0 Å². The summed E-state index contributed by atoms with van der Waals surface area (Å²) < 4.78 is 1.76. The summed E-state index contributed by atoms with van der Waals surface area (Å²) in [5, 5.41) is 9.16. The van der Waals surface area contributed by atoms with Crippen molar-refractivity contribution in [3.05, 3.63) is 30.1 Å². The molecular weight excluding hydrogens is 358 g/mol. The van der Waals surface area contributed by atoms with E-state index in [2.05, 4.69) is 15.4 Å². The van der Waals surface area contributed by atoms with Gasteiger partial charge in [0.05, 0.1) is 10.8 Å². The van der Waals surface area contributed by atoms with Gasteiger partial charge in [0.1, 0.15) is 5.82 Å². The molecule has 1 unspecified atom stereocenters. The summed E-state index contributed by atoms with van der Waals surface area (Å²) in [6.07, 6.45) is 7.14. The Hall–Kier alpha value is -2.15. The molecule has 1 N–H and O–H groups in total. The smallest absolute Gasteiger partial charge is 0.233 e. The monoisotopic (exact) mass is 383 g/mol. The van der Waals surface area contributed by atoms with E-state index in [-0.39, 0.29) is 11.2 Å². The molecule has 0 spiro atoms. The van der Waals surface area contributed by atoms with Gasteiger partial charge in [0, 0.05) is 11.4 Å². The zero-order valence-corrected chi connectivity index (χ0v) is 16.6. The fourth-order valence-electron chi connectivity index (χ4n) is 3.66. The van der Waals surface area contributed by atoms with Gasteiger partial charge in [0.25, 0.3) is 0 Å². The van der Waals surface area contributed by atoms with Crippen LogP contribution in [0.4, 0.5) is 0 Å². The van der Waals surface area contributed by atoms with E-state index in [1.165, 1.54) is 37.4 Å². The third-order valence-electron chi connectivity index (χ3n) is 5.11. The Balaban J connectivity index is 1.57. The lowest BCUT2D eigenvalue weighted by molar-refractivity contribution is -0.121. The molecule has 27 heavy (non-hydrogen) atoms. The molecule has 1 atom stereocenters. The number of carbonyl (C=O) groups excluding carboxylic acids is 1. The van der Waals surface area contributed by atoms with Gasteiger partial charge in [-0.25, -0.2) is 9.97 Å². The van der Waals surface area contributed by atoms with Crippen LogP contribution in [0, 0.1) is 6.92 Å². The van der Waals surface area contributed by atoms with Crippen LogP contribution in [0.3, 0.4) is 0 Å². The van der Waals surface area contributed by atoms with Crippen LogP contribution in [0.5, 0.6) is 0 Å². The molecule has 1 aromatic carbocycles. The number of aromatic nitrogens is 4. The SMILES string of the molecule is Cc1nc2c3ccccc3nc(SC(C)C(=O)NC3CCCCCC3)n2n1. The maximum Gasteiger partial charge on any atom is 0.233 e. The number of nitrogens with one attached hydrogen (secondary N) is 1. The molecule has 2 heterocycles. The molecule has 1 fully saturated rings. The summed E-state index contributed by atoms with van der Waals surface area (Å²) in [5.41, 5.74) is 1.66. The van der Waals surface area contributed by atoms with Crippen LogP contribution >= 0.6 is 11.8 Å². The third-order valence-corrected chi connectivity index (χ3v) is 6.15.